The number of rotatable bonds is 7. The first-order chi connectivity index (χ1) is 14.2. The summed E-state index contributed by atoms with van der Waals surface area (Å²) in [6.07, 6.45) is 2.33. The van der Waals surface area contributed by atoms with Gasteiger partial charge in [0, 0.05) is 11.8 Å². The van der Waals surface area contributed by atoms with Crippen LogP contribution in [0.3, 0.4) is 0 Å². The molecule has 3 aromatic heterocycles. The number of aromatic nitrogens is 5. The van der Waals surface area contributed by atoms with Crippen molar-refractivity contribution in [3.05, 3.63) is 35.5 Å². The van der Waals surface area contributed by atoms with Crippen LogP contribution in [0.25, 0.3) is 5.65 Å². The number of imidazole rings is 1. The Morgan fingerprint density at radius 2 is 2.03 bits per heavy atom. The molecule has 30 heavy (non-hydrogen) atoms. The van der Waals surface area contributed by atoms with Gasteiger partial charge in [-0.15, -0.1) is 0 Å². The first-order valence-corrected chi connectivity index (χ1v) is 10.5. The van der Waals surface area contributed by atoms with Gasteiger partial charge < -0.3 is 4.74 Å². The van der Waals surface area contributed by atoms with Gasteiger partial charge in [0.25, 0.3) is 16.0 Å². The molecule has 0 aliphatic carbocycles. The molecule has 0 bridgehead atoms. The molecule has 3 rings (SSSR count). The highest BCUT2D eigenvalue weighted by molar-refractivity contribution is 7.90. The predicted octanol–water partition coefficient (Wildman–Crippen LogP) is 1.83. The molecule has 3 heterocycles. The van der Waals surface area contributed by atoms with Gasteiger partial charge in [0.2, 0.25) is 16.9 Å². The molecule has 160 valence electrons. The van der Waals surface area contributed by atoms with Crippen LogP contribution in [-0.4, -0.2) is 46.1 Å². The third-order valence-corrected chi connectivity index (χ3v) is 5.29. The summed E-state index contributed by atoms with van der Waals surface area (Å²) in [5, 5.41) is 5.46. The molecule has 0 aliphatic rings. The van der Waals surface area contributed by atoms with Crippen LogP contribution in [0.2, 0.25) is 0 Å². The number of amides is 2. The Balaban J connectivity index is 1.87. The number of halogens is 1. The van der Waals surface area contributed by atoms with Crippen molar-refractivity contribution < 1.29 is 22.3 Å². The number of carbonyl (C=O) groups excluding carboxylic acids is 1. The number of ether oxygens (including phenoxy) is 1. The predicted molar refractivity (Wildman–Crippen MR) is 104 cm³/mol. The second-order valence-corrected chi connectivity index (χ2v) is 7.94. The van der Waals surface area contributed by atoms with Gasteiger partial charge in [-0.1, -0.05) is 13.3 Å². The van der Waals surface area contributed by atoms with Crippen molar-refractivity contribution in [2.24, 2.45) is 0 Å². The molecule has 0 saturated heterocycles. The Morgan fingerprint density at radius 3 is 2.73 bits per heavy atom. The summed E-state index contributed by atoms with van der Waals surface area (Å²) in [6, 6.07) is 3.46. The van der Waals surface area contributed by atoms with Crippen LogP contribution in [0, 0.1) is 12.9 Å². The number of hydrogen-bond donors (Lipinski definition) is 2. The van der Waals surface area contributed by atoms with Gasteiger partial charge in [0.15, 0.2) is 5.65 Å². The van der Waals surface area contributed by atoms with Crippen LogP contribution >= 0.6 is 0 Å². The van der Waals surface area contributed by atoms with E-state index in [1.807, 2.05) is 6.92 Å². The number of hydrogen-bond acceptors (Lipinski definition) is 8. The Hall–Kier alpha value is -3.35. The summed E-state index contributed by atoms with van der Waals surface area (Å²) in [7, 11) is -3.26. The lowest BCUT2D eigenvalue weighted by Crippen LogP contribution is -2.36. The second kappa shape index (κ2) is 8.57. The lowest BCUT2D eigenvalue weighted by molar-refractivity contribution is 0.256. The highest BCUT2D eigenvalue weighted by atomic mass is 32.2. The first-order valence-electron chi connectivity index (χ1n) is 9.01. The van der Waals surface area contributed by atoms with E-state index in [9.17, 15) is 17.6 Å². The molecule has 0 atom stereocenters. The lowest BCUT2D eigenvalue weighted by Gasteiger charge is -2.09. The molecule has 2 amide bonds. The molecule has 13 heteroatoms. The SMILES string of the molecule is CCCCc1ccc2nc(F)c(S(=O)(=O)NC(=O)Nc3nc(C)cc(OC)n3)n2n1. The lowest BCUT2D eigenvalue weighted by atomic mass is 10.2. The maximum absolute atomic E-state index is 14.3. The van der Waals surface area contributed by atoms with E-state index in [0.29, 0.717) is 17.8 Å². The van der Waals surface area contributed by atoms with E-state index >= 15 is 0 Å². The molecule has 0 unspecified atom stereocenters. The number of methoxy groups -OCH3 is 1. The number of urea groups is 1. The summed E-state index contributed by atoms with van der Waals surface area (Å²) >= 11 is 0. The standard InChI is InChI=1S/C17H20FN7O4S/c1-4-5-6-11-7-8-12-20-14(18)15(25(12)23-11)30(27,28)24-17(26)22-16-19-10(2)9-13(21-16)29-3/h7-9H,4-6H2,1-3H3,(H2,19,21,22,24,26). The molecule has 0 aliphatic heterocycles. The van der Waals surface area contributed by atoms with Crippen molar-refractivity contribution >= 4 is 27.6 Å². The minimum atomic E-state index is -4.64. The van der Waals surface area contributed by atoms with Crippen LogP contribution in [0.4, 0.5) is 15.1 Å². The minimum Gasteiger partial charge on any atom is -0.481 e. The Labute approximate surface area is 171 Å². The summed E-state index contributed by atoms with van der Waals surface area (Å²) in [5.74, 6) is -1.28. The number of carbonyl (C=O) groups is 1. The fraction of sp³-hybridized carbons (Fsp3) is 0.353. The highest BCUT2D eigenvalue weighted by Crippen LogP contribution is 2.17. The number of nitrogens with one attached hydrogen (secondary N) is 2. The molecule has 0 fully saturated rings. The van der Waals surface area contributed by atoms with E-state index in [0.717, 1.165) is 17.4 Å². The van der Waals surface area contributed by atoms with Crippen molar-refractivity contribution in [1.29, 1.82) is 0 Å². The number of sulfonamides is 1. The third-order valence-electron chi connectivity index (χ3n) is 3.99. The number of anilines is 1. The van der Waals surface area contributed by atoms with Gasteiger partial charge in [0.05, 0.1) is 12.8 Å². The molecular weight excluding hydrogens is 417 g/mol. The maximum atomic E-state index is 14.3. The molecule has 3 aromatic rings. The maximum Gasteiger partial charge on any atom is 0.335 e. The Morgan fingerprint density at radius 1 is 1.27 bits per heavy atom. The number of fused-ring (bicyclic) bond motifs is 1. The van der Waals surface area contributed by atoms with Crippen LogP contribution < -0.4 is 14.8 Å². The van der Waals surface area contributed by atoms with E-state index in [-0.39, 0.29) is 17.5 Å². The number of aryl methyl sites for hydroxylation is 2. The summed E-state index contributed by atoms with van der Waals surface area (Å²) in [5.41, 5.74) is 1.06. The minimum absolute atomic E-state index is 0.000264. The van der Waals surface area contributed by atoms with E-state index in [1.54, 1.807) is 17.7 Å². The molecule has 0 saturated carbocycles. The summed E-state index contributed by atoms with van der Waals surface area (Å²) in [6.45, 7) is 3.64. The first kappa shape index (κ1) is 21.4. The van der Waals surface area contributed by atoms with Crippen molar-refractivity contribution in [2.45, 2.75) is 38.1 Å². The smallest absolute Gasteiger partial charge is 0.335 e. The Bertz CT molecular complexity index is 1200. The summed E-state index contributed by atoms with van der Waals surface area (Å²) in [4.78, 5) is 23.6. The van der Waals surface area contributed by atoms with Crippen LogP contribution in [0.5, 0.6) is 5.88 Å². The zero-order valence-corrected chi connectivity index (χ0v) is 17.3. The van der Waals surface area contributed by atoms with Crippen LogP contribution in [-0.2, 0) is 16.4 Å². The molecule has 0 spiro atoms. The molecule has 2 N–H and O–H groups in total. The van der Waals surface area contributed by atoms with Gasteiger partial charge >= 0.3 is 6.03 Å². The van der Waals surface area contributed by atoms with Gasteiger partial charge in [-0.2, -0.15) is 32.4 Å². The summed E-state index contributed by atoms with van der Waals surface area (Å²) < 4.78 is 47.2. The highest BCUT2D eigenvalue weighted by Gasteiger charge is 2.29. The van der Waals surface area contributed by atoms with Gasteiger partial charge in [-0.05, 0) is 31.9 Å². The van der Waals surface area contributed by atoms with Crippen LogP contribution in [0.15, 0.2) is 23.2 Å². The zero-order valence-electron chi connectivity index (χ0n) is 16.5. The van der Waals surface area contributed by atoms with E-state index in [1.165, 1.54) is 19.2 Å². The fourth-order valence-electron chi connectivity index (χ4n) is 2.64. The normalized spacial score (nSPS) is 11.5. The fourth-order valence-corrected chi connectivity index (χ4v) is 3.66. The molecule has 11 nitrogen and oxygen atoms in total. The second-order valence-electron chi connectivity index (χ2n) is 6.34. The van der Waals surface area contributed by atoms with Crippen molar-refractivity contribution in [1.82, 2.24) is 29.3 Å². The van der Waals surface area contributed by atoms with E-state index in [4.69, 9.17) is 4.74 Å². The Kier molecular flexibility index (Phi) is 6.10. The van der Waals surface area contributed by atoms with E-state index < -0.39 is 27.0 Å². The monoisotopic (exact) mass is 437 g/mol. The van der Waals surface area contributed by atoms with Crippen molar-refractivity contribution in [2.75, 3.05) is 12.4 Å². The molecule has 0 radical (unpaired) electrons. The third kappa shape index (κ3) is 4.62. The largest absolute Gasteiger partial charge is 0.481 e. The van der Waals surface area contributed by atoms with E-state index in [2.05, 4.69) is 25.4 Å². The quantitative estimate of drug-likeness (QED) is 0.570. The van der Waals surface area contributed by atoms with Crippen molar-refractivity contribution in [3.63, 3.8) is 0 Å². The van der Waals surface area contributed by atoms with Gasteiger partial charge in [-0.3, -0.25) is 5.32 Å². The molecular formula is C17H20FN7O4S. The molecule has 0 aromatic carbocycles. The average Bonchev–Trinajstić information content (AvgIpc) is 3.00. The van der Waals surface area contributed by atoms with Gasteiger partial charge in [-0.25, -0.2) is 14.5 Å². The number of unbranched alkanes of at least 4 members (excludes halogenated alkanes) is 1. The zero-order chi connectivity index (χ0) is 21.9. The average molecular weight is 437 g/mol. The van der Waals surface area contributed by atoms with Crippen LogP contribution in [0.1, 0.15) is 31.2 Å². The topological polar surface area (TPSA) is 140 Å². The van der Waals surface area contributed by atoms with Gasteiger partial charge in [0.1, 0.15) is 0 Å². The number of nitrogens with zero attached hydrogens (tertiary/aromatic N) is 5. The van der Waals surface area contributed by atoms with Crippen molar-refractivity contribution in [3.8, 4) is 5.88 Å².